The fraction of sp³-hybridized carbons (Fsp3) is 0.400. The average Bonchev–Trinajstić information content (AvgIpc) is 2.48. The largest absolute Gasteiger partial charge is 0.450 e. The lowest BCUT2D eigenvalue weighted by molar-refractivity contribution is -0.173. The Bertz CT molecular complexity index is 583. The highest BCUT2D eigenvalue weighted by Gasteiger charge is 2.39. The highest BCUT2D eigenvalue weighted by atomic mass is 35.5. The molecule has 1 aromatic carbocycles. The smallest absolute Gasteiger partial charge is 0.339 e. The summed E-state index contributed by atoms with van der Waals surface area (Å²) in [7, 11) is 0. The fourth-order valence-electron chi connectivity index (χ4n) is 1.88. The van der Waals surface area contributed by atoms with E-state index in [-0.39, 0.29) is 19.4 Å². The number of ether oxygens (including phenoxy) is 2. The van der Waals surface area contributed by atoms with Crippen molar-refractivity contribution in [1.82, 2.24) is 0 Å². The monoisotopic (exact) mass is 328 g/mol. The summed E-state index contributed by atoms with van der Waals surface area (Å²) in [5.41, 5.74) is -0.904. The van der Waals surface area contributed by atoms with Crippen LogP contribution in [0.3, 0.4) is 0 Å². The van der Waals surface area contributed by atoms with E-state index in [0.717, 1.165) is 0 Å². The summed E-state index contributed by atoms with van der Waals surface area (Å²) in [6.45, 7) is 0.565. The van der Waals surface area contributed by atoms with Crippen molar-refractivity contribution in [2.75, 3.05) is 19.8 Å². The van der Waals surface area contributed by atoms with Crippen molar-refractivity contribution < 1.29 is 19.4 Å². The van der Waals surface area contributed by atoms with Crippen LogP contribution in [0.25, 0.3) is 0 Å². The molecule has 4 nitrogen and oxygen atoms in total. The van der Waals surface area contributed by atoms with E-state index in [9.17, 15) is 9.90 Å². The Labute approximate surface area is 132 Å². The lowest BCUT2D eigenvalue weighted by Gasteiger charge is -2.29. The third-order valence-electron chi connectivity index (χ3n) is 3.15. The molecule has 1 saturated heterocycles. The number of esters is 1. The first-order valence-corrected chi connectivity index (χ1v) is 7.19. The third kappa shape index (κ3) is 4.12. The van der Waals surface area contributed by atoms with Crippen LogP contribution >= 0.6 is 23.2 Å². The Morgan fingerprint density at radius 2 is 2.10 bits per heavy atom. The molecule has 0 bridgehead atoms. The summed E-state index contributed by atoms with van der Waals surface area (Å²) in [5, 5.41) is 10.9. The molecule has 21 heavy (non-hydrogen) atoms. The van der Waals surface area contributed by atoms with Crippen LogP contribution in [0.1, 0.15) is 18.4 Å². The van der Waals surface area contributed by atoms with Gasteiger partial charge in [0, 0.05) is 31.6 Å². The minimum absolute atomic E-state index is 0.120. The van der Waals surface area contributed by atoms with Crippen LogP contribution in [-0.2, 0) is 14.3 Å². The minimum atomic E-state index is -1.46. The summed E-state index contributed by atoms with van der Waals surface area (Å²) in [6.07, 6.45) is 0.471. The van der Waals surface area contributed by atoms with Crippen LogP contribution in [0.2, 0.25) is 10.0 Å². The second-order valence-corrected chi connectivity index (χ2v) is 5.41. The molecule has 1 N–H and O–H groups in total. The Balaban J connectivity index is 1.91. The van der Waals surface area contributed by atoms with Crippen LogP contribution in [0, 0.1) is 11.8 Å². The Kier molecular flexibility index (Phi) is 5.49. The molecule has 6 heteroatoms. The molecule has 0 spiro atoms. The van der Waals surface area contributed by atoms with Crippen molar-refractivity contribution in [3.8, 4) is 11.8 Å². The standard InChI is InChI=1S/C15H14Cl2O4/c16-12-5-1-3-11(13(12)17)4-2-8-21-14(18)15(19)6-9-20-10-7-15/h1,3,5,19H,6-10H2. The first-order valence-electron chi connectivity index (χ1n) is 6.43. The van der Waals surface area contributed by atoms with Gasteiger partial charge < -0.3 is 14.6 Å². The quantitative estimate of drug-likeness (QED) is 0.669. The van der Waals surface area contributed by atoms with Gasteiger partial charge in [-0.25, -0.2) is 4.79 Å². The van der Waals surface area contributed by atoms with Crippen LogP contribution < -0.4 is 0 Å². The molecule has 0 radical (unpaired) electrons. The van der Waals surface area contributed by atoms with Gasteiger partial charge in [-0.1, -0.05) is 41.1 Å². The zero-order valence-corrected chi connectivity index (χ0v) is 12.7. The van der Waals surface area contributed by atoms with Crippen LogP contribution in [0.4, 0.5) is 0 Å². The average molecular weight is 329 g/mol. The van der Waals surface area contributed by atoms with E-state index < -0.39 is 11.6 Å². The number of aliphatic hydroxyl groups is 1. The number of hydrogen-bond donors (Lipinski definition) is 1. The highest BCUT2D eigenvalue weighted by molar-refractivity contribution is 6.42. The molecule has 0 aliphatic carbocycles. The fourth-order valence-corrected chi connectivity index (χ4v) is 2.23. The molecule has 112 valence electrons. The number of carbonyl (C=O) groups excluding carboxylic acids is 1. The first-order chi connectivity index (χ1) is 10.0. The Morgan fingerprint density at radius 3 is 2.81 bits per heavy atom. The number of carbonyl (C=O) groups is 1. The number of hydrogen-bond acceptors (Lipinski definition) is 4. The van der Waals surface area contributed by atoms with E-state index in [4.69, 9.17) is 32.7 Å². The third-order valence-corrected chi connectivity index (χ3v) is 3.97. The van der Waals surface area contributed by atoms with E-state index in [1.165, 1.54) is 0 Å². The van der Waals surface area contributed by atoms with E-state index in [1.54, 1.807) is 18.2 Å². The van der Waals surface area contributed by atoms with Gasteiger partial charge in [0.05, 0.1) is 10.0 Å². The number of rotatable bonds is 2. The van der Waals surface area contributed by atoms with Gasteiger partial charge in [-0.3, -0.25) is 0 Å². The molecule has 0 unspecified atom stereocenters. The minimum Gasteiger partial charge on any atom is -0.450 e. The van der Waals surface area contributed by atoms with Gasteiger partial charge in [-0.2, -0.15) is 0 Å². The van der Waals surface area contributed by atoms with Gasteiger partial charge in [0.2, 0.25) is 0 Å². The molecule has 1 aliphatic rings. The van der Waals surface area contributed by atoms with Crippen molar-refractivity contribution in [3.63, 3.8) is 0 Å². The molecular weight excluding hydrogens is 315 g/mol. The zero-order chi connectivity index (χ0) is 15.3. The lowest BCUT2D eigenvalue weighted by atomic mass is 9.95. The molecule has 1 fully saturated rings. The molecule has 1 heterocycles. The maximum absolute atomic E-state index is 11.8. The topological polar surface area (TPSA) is 55.8 Å². The van der Waals surface area contributed by atoms with Crippen LogP contribution in [0.5, 0.6) is 0 Å². The summed E-state index contributed by atoms with van der Waals surface area (Å²) in [5.74, 6) is 4.78. The van der Waals surface area contributed by atoms with Crippen molar-refractivity contribution in [1.29, 1.82) is 0 Å². The molecule has 1 aromatic rings. The maximum Gasteiger partial charge on any atom is 0.339 e. The second-order valence-electron chi connectivity index (χ2n) is 4.62. The van der Waals surface area contributed by atoms with E-state index in [1.807, 2.05) is 0 Å². The molecule has 0 atom stereocenters. The summed E-state index contributed by atoms with van der Waals surface area (Å²) in [6, 6.07) is 5.11. The van der Waals surface area contributed by atoms with Gasteiger partial charge in [-0.15, -0.1) is 0 Å². The van der Waals surface area contributed by atoms with Crippen LogP contribution in [0.15, 0.2) is 18.2 Å². The van der Waals surface area contributed by atoms with Gasteiger partial charge in [-0.05, 0) is 12.1 Å². The summed E-state index contributed by atoms with van der Waals surface area (Å²) < 4.78 is 10.1. The van der Waals surface area contributed by atoms with E-state index in [2.05, 4.69) is 11.8 Å². The predicted octanol–water partition coefficient (Wildman–Crippen LogP) is 2.43. The number of halogens is 2. The Morgan fingerprint density at radius 1 is 1.38 bits per heavy atom. The van der Waals surface area contributed by atoms with Gasteiger partial charge >= 0.3 is 5.97 Å². The molecular formula is C15H14Cl2O4. The van der Waals surface area contributed by atoms with Gasteiger partial charge in [0.15, 0.2) is 12.2 Å². The SMILES string of the molecule is O=C(OCC#Cc1cccc(Cl)c1Cl)C1(O)CCOCC1. The van der Waals surface area contributed by atoms with Gasteiger partial charge in [0.1, 0.15) is 0 Å². The van der Waals surface area contributed by atoms with Crippen molar-refractivity contribution in [2.24, 2.45) is 0 Å². The summed E-state index contributed by atoms with van der Waals surface area (Å²) >= 11 is 11.8. The van der Waals surface area contributed by atoms with Crippen molar-refractivity contribution >= 4 is 29.2 Å². The normalized spacial score (nSPS) is 16.7. The Hall–Kier alpha value is -1.25. The van der Waals surface area contributed by atoms with Crippen LogP contribution in [-0.4, -0.2) is 36.5 Å². The second kappa shape index (κ2) is 7.15. The highest BCUT2D eigenvalue weighted by Crippen LogP contribution is 2.24. The zero-order valence-electron chi connectivity index (χ0n) is 11.2. The molecule has 1 aliphatic heterocycles. The van der Waals surface area contributed by atoms with E-state index in [0.29, 0.717) is 28.8 Å². The number of benzene rings is 1. The van der Waals surface area contributed by atoms with Gasteiger partial charge in [0.25, 0.3) is 0 Å². The molecule has 0 amide bonds. The maximum atomic E-state index is 11.8. The van der Waals surface area contributed by atoms with Crippen molar-refractivity contribution in [3.05, 3.63) is 33.8 Å². The first kappa shape index (κ1) is 16.1. The summed E-state index contributed by atoms with van der Waals surface area (Å²) in [4.78, 5) is 11.8. The van der Waals surface area contributed by atoms with Crippen molar-refractivity contribution in [2.45, 2.75) is 18.4 Å². The lowest BCUT2D eigenvalue weighted by Crippen LogP contribution is -2.45. The molecule has 0 saturated carbocycles. The van der Waals surface area contributed by atoms with E-state index >= 15 is 0 Å². The predicted molar refractivity (Wildman–Crippen MR) is 79.3 cm³/mol. The molecule has 2 rings (SSSR count). The molecule has 0 aromatic heterocycles.